The molecule has 0 saturated carbocycles. The molecule has 4 heteroatoms. The summed E-state index contributed by atoms with van der Waals surface area (Å²) in [5.74, 6) is 0.599. The normalized spacial score (nSPS) is 12.8. The highest BCUT2D eigenvalue weighted by Gasteiger charge is 2.18. The van der Waals surface area contributed by atoms with Crippen molar-refractivity contribution in [1.82, 2.24) is 4.90 Å². The molecule has 106 valence electrons. The van der Waals surface area contributed by atoms with Crippen molar-refractivity contribution in [1.29, 1.82) is 0 Å². The molecule has 0 bridgehead atoms. The lowest BCUT2D eigenvalue weighted by Crippen LogP contribution is -2.41. The Morgan fingerprint density at radius 2 is 1.84 bits per heavy atom. The van der Waals surface area contributed by atoms with Crippen LogP contribution in [0.15, 0.2) is 24.3 Å². The highest BCUT2D eigenvalue weighted by molar-refractivity contribution is 14.1. The van der Waals surface area contributed by atoms with E-state index in [9.17, 15) is 4.79 Å². The van der Waals surface area contributed by atoms with Gasteiger partial charge in [0.2, 0.25) is 5.91 Å². The number of carbonyl (C=O) groups excluding carboxylic acids is 1. The van der Waals surface area contributed by atoms with Crippen LogP contribution in [-0.4, -0.2) is 29.9 Å². The smallest absolute Gasteiger partial charge is 0.238 e. The maximum atomic E-state index is 12.0. The number of halogens is 1. The monoisotopic (exact) mass is 374 g/mol. The average Bonchev–Trinajstić information content (AvgIpc) is 2.37. The van der Waals surface area contributed by atoms with Gasteiger partial charge in [-0.25, -0.2) is 0 Å². The lowest BCUT2D eigenvalue weighted by atomic mass is 10.0. The van der Waals surface area contributed by atoms with Crippen molar-refractivity contribution in [2.24, 2.45) is 5.92 Å². The Labute approximate surface area is 129 Å². The summed E-state index contributed by atoms with van der Waals surface area (Å²) in [7, 11) is 0. The van der Waals surface area contributed by atoms with E-state index in [1.165, 1.54) is 3.57 Å². The first-order valence-electron chi connectivity index (χ1n) is 6.73. The van der Waals surface area contributed by atoms with Crippen LogP contribution < -0.4 is 5.32 Å². The molecule has 19 heavy (non-hydrogen) atoms. The molecule has 1 atom stereocenters. The van der Waals surface area contributed by atoms with Crippen LogP contribution in [0, 0.1) is 9.49 Å². The van der Waals surface area contributed by atoms with Gasteiger partial charge >= 0.3 is 0 Å². The Morgan fingerprint density at radius 1 is 1.26 bits per heavy atom. The van der Waals surface area contributed by atoms with Gasteiger partial charge in [-0.3, -0.25) is 9.69 Å². The first-order chi connectivity index (χ1) is 8.93. The molecule has 0 spiro atoms. The van der Waals surface area contributed by atoms with E-state index in [1.54, 1.807) is 0 Å². The van der Waals surface area contributed by atoms with Gasteiger partial charge in [0.25, 0.3) is 0 Å². The lowest BCUT2D eigenvalue weighted by Gasteiger charge is -2.30. The zero-order valence-corrected chi connectivity index (χ0v) is 14.3. The number of nitrogens with zero attached hydrogens (tertiary/aromatic N) is 1. The molecule has 1 aromatic carbocycles. The van der Waals surface area contributed by atoms with E-state index in [0.29, 0.717) is 18.5 Å². The van der Waals surface area contributed by atoms with Crippen molar-refractivity contribution in [3.8, 4) is 0 Å². The molecule has 1 rings (SSSR count). The molecule has 3 nitrogen and oxygen atoms in total. The summed E-state index contributed by atoms with van der Waals surface area (Å²) in [6.45, 7) is 9.97. The van der Waals surface area contributed by atoms with Crippen LogP contribution in [0.2, 0.25) is 0 Å². The van der Waals surface area contributed by atoms with E-state index in [4.69, 9.17) is 0 Å². The van der Waals surface area contributed by atoms with E-state index in [1.807, 2.05) is 24.3 Å². The number of hydrogen-bond donors (Lipinski definition) is 1. The number of amides is 1. The third-order valence-corrected chi connectivity index (χ3v) is 4.14. The minimum Gasteiger partial charge on any atom is -0.325 e. The van der Waals surface area contributed by atoms with E-state index in [-0.39, 0.29) is 5.91 Å². The van der Waals surface area contributed by atoms with Gasteiger partial charge in [0.15, 0.2) is 0 Å². The topological polar surface area (TPSA) is 32.3 Å². The Hall–Kier alpha value is -0.620. The zero-order valence-electron chi connectivity index (χ0n) is 12.1. The van der Waals surface area contributed by atoms with Crippen molar-refractivity contribution in [2.45, 2.75) is 33.7 Å². The predicted octanol–water partition coefficient (Wildman–Crippen LogP) is 3.60. The summed E-state index contributed by atoms with van der Waals surface area (Å²) < 4.78 is 1.17. The fourth-order valence-corrected chi connectivity index (χ4v) is 2.24. The molecule has 0 saturated heterocycles. The minimum absolute atomic E-state index is 0.0514. The highest BCUT2D eigenvalue weighted by Crippen LogP contribution is 2.12. The summed E-state index contributed by atoms with van der Waals surface area (Å²) in [4.78, 5) is 14.2. The Balaban J connectivity index is 2.56. The third kappa shape index (κ3) is 5.48. The molecule has 0 aliphatic carbocycles. The first kappa shape index (κ1) is 16.4. The van der Waals surface area contributed by atoms with E-state index >= 15 is 0 Å². The molecule has 0 aliphatic heterocycles. The van der Waals surface area contributed by atoms with E-state index < -0.39 is 0 Å². The first-order valence-corrected chi connectivity index (χ1v) is 7.81. The van der Waals surface area contributed by atoms with Gasteiger partial charge in [-0.05, 0) is 66.2 Å². The van der Waals surface area contributed by atoms with Crippen LogP contribution in [0.25, 0.3) is 0 Å². The third-order valence-electron chi connectivity index (χ3n) is 3.42. The summed E-state index contributed by atoms with van der Waals surface area (Å²) in [6, 6.07) is 8.26. The fraction of sp³-hybridized carbons (Fsp3) is 0.533. The summed E-state index contributed by atoms with van der Waals surface area (Å²) in [6.07, 6.45) is 0. The molecular formula is C15H23IN2O. The molecular weight excluding hydrogens is 351 g/mol. The summed E-state index contributed by atoms with van der Waals surface area (Å²) in [5, 5.41) is 2.94. The molecule has 1 N–H and O–H groups in total. The molecule has 0 aliphatic rings. The van der Waals surface area contributed by atoms with Gasteiger partial charge < -0.3 is 5.32 Å². The van der Waals surface area contributed by atoms with Crippen molar-refractivity contribution >= 4 is 34.2 Å². The fourth-order valence-electron chi connectivity index (χ4n) is 1.88. The van der Waals surface area contributed by atoms with Crippen LogP contribution in [0.5, 0.6) is 0 Å². The number of carbonyl (C=O) groups is 1. The van der Waals surface area contributed by atoms with E-state index in [0.717, 1.165) is 12.2 Å². The quantitative estimate of drug-likeness (QED) is 0.772. The Bertz CT molecular complexity index is 403. The molecule has 0 heterocycles. The van der Waals surface area contributed by atoms with Crippen LogP contribution in [-0.2, 0) is 4.79 Å². The van der Waals surface area contributed by atoms with Crippen molar-refractivity contribution in [3.63, 3.8) is 0 Å². The lowest BCUT2D eigenvalue weighted by molar-refractivity contribution is -0.117. The second-order valence-electron chi connectivity index (χ2n) is 5.10. The molecule has 1 aromatic rings. The molecule has 0 aromatic heterocycles. The van der Waals surface area contributed by atoms with Gasteiger partial charge in [0, 0.05) is 15.3 Å². The number of rotatable bonds is 6. The second-order valence-corrected chi connectivity index (χ2v) is 6.35. The molecule has 1 unspecified atom stereocenters. The largest absolute Gasteiger partial charge is 0.325 e. The zero-order chi connectivity index (χ0) is 14.4. The Kier molecular flexibility index (Phi) is 6.79. The number of nitrogens with one attached hydrogen (secondary N) is 1. The summed E-state index contributed by atoms with van der Waals surface area (Å²) >= 11 is 2.25. The highest BCUT2D eigenvalue weighted by atomic mass is 127. The minimum atomic E-state index is 0.0514. The van der Waals surface area contributed by atoms with Gasteiger partial charge in [-0.15, -0.1) is 0 Å². The van der Waals surface area contributed by atoms with Crippen molar-refractivity contribution < 1.29 is 4.79 Å². The second kappa shape index (κ2) is 7.85. The van der Waals surface area contributed by atoms with E-state index in [2.05, 4.69) is 60.5 Å². The van der Waals surface area contributed by atoms with Crippen molar-refractivity contribution in [3.05, 3.63) is 27.8 Å². The maximum Gasteiger partial charge on any atom is 0.238 e. The number of benzene rings is 1. The van der Waals surface area contributed by atoms with Crippen LogP contribution in [0.1, 0.15) is 27.7 Å². The maximum absolute atomic E-state index is 12.0. The van der Waals surface area contributed by atoms with Gasteiger partial charge in [0.05, 0.1) is 6.54 Å². The SMILES string of the molecule is CCN(CC(=O)Nc1ccc(I)cc1)C(C)C(C)C. The number of likely N-dealkylation sites (N-methyl/N-ethyl adjacent to an activating group) is 1. The van der Waals surface area contributed by atoms with Gasteiger partial charge in [-0.2, -0.15) is 0 Å². The predicted molar refractivity (Wildman–Crippen MR) is 89.3 cm³/mol. The van der Waals surface area contributed by atoms with Crippen molar-refractivity contribution in [2.75, 3.05) is 18.4 Å². The van der Waals surface area contributed by atoms with Gasteiger partial charge in [-0.1, -0.05) is 20.8 Å². The molecule has 0 radical (unpaired) electrons. The Morgan fingerprint density at radius 3 is 2.32 bits per heavy atom. The number of hydrogen-bond acceptors (Lipinski definition) is 2. The molecule has 0 fully saturated rings. The summed E-state index contributed by atoms with van der Waals surface area (Å²) in [5.41, 5.74) is 0.860. The standard InChI is InChI=1S/C15H23IN2O/c1-5-18(12(4)11(2)3)10-15(19)17-14-8-6-13(16)7-9-14/h6-9,11-12H,5,10H2,1-4H3,(H,17,19). The number of anilines is 1. The molecule has 1 amide bonds. The average molecular weight is 374 g/mol. The van der Waals surface area contributed by atoms with Gasteiger partial charge in [0.1, 0.15) is 0 Å². The van der Waals surface area contributed by atoms with Crippen LogP contribution >= 0.6 is 22.6 Å². The van der Waals surface area contributed by atoms with Crippen LogP contribution in [0.3, 0.4) is 0 Å². The van der Waals surface area contributed by atoms with Crippen LogP contribution in [0.4, 0.5) is 5.69 Å².